The molecule has 1 aromatic heterocycles. The van der Waals surface area contributed by atoms with Gasteiger partial charge in [-0.1, -0.05) is 0 Å². The van der Waals surface area contributed by atoms with Gasteiger partial charge in [0.1, 0.15) is 0 Å². The lowest BCUT2D eigenvalue weighted by molar-refractivity contribution is 0.0994. The molecule has 0 aliphatic carbocycles. The summed E-state index contributed by atoms with van der Waals surface area (Å²) in [4.78, 5) is 0. The van der Waals surface area contributed by atoms with Crippen LogP contribution in [0.1, 0.15) is 37.1 Å². The van der Waals surface area contributed by atoms with E-state index in [2.05, 4.69) is 5.10 Å². The number of rotatable bonds is 4. The van der Waals surface area contributed by atoms with Crippen LogP contribution in [0.3, 0.4) is 0 Å². The fourth-order valence-electron chi connectivity index (χ4n) is 1.86. The molecule has 4 heteroatoms. The summed E-state index contributed by atoms with van der Waals surface area (Å²) < 4.78 is 7.52. The maximum atomic E-state index is 5.97. The number of aromatic nitrogens is 2. The first-order valence-electron chi connectivity index (χ1n) is 5.54. The van der Waals surface area contributed by atoms with Crippen LogP contribution in [0.25, 0.3) is 0 Å². The van der Waals surface area contributed by atoms with E-state index in [1.807, 2.05) is 24.0 Å². The molecule has 15 heavy (non-hydrogen) atoms. The van der Waals surface area contributed by atoms with Crippen molar-refractivity contribution in [2.75, 3.05) is 6.61 Å². The molecule has 0 amide bonds. The maximum absolute atomic E-state index is 5.97. The van der Waals surface area contributed by atoms with Gasteiger partial charge >= 0.3 is 0 Å². The predicted octanol–water partition coefficient (Wildman–Crippen LogP) is 2.75. The summed E-state index contributed by atoms with van der Waals surface area (Å²) in [5.41, 5.74) is 1.09. The molecule has 1 aromatic rings. The lowest BCUT2D eigenvalue weighted by atomic mass is 10.2. The van der Waals surface area contributed by atoms with Crippen molar-refractivity contribution in [1.82, 2.24) is 9.78 Å². The number of nitrogens with zero attached hydrogens (tertiary/aromatic N) is 2. The van der Waals surface area contributed by atoms with Crippen LogP contribution in [-0.4, -0.2) is 22.5 Å². The zero-order valence-electron chi connectivity index (χ0n) is 9.03. The van der Waals surface area contributed by atoms with Gasteiger partial charge in [-0.25, -0.2) is 0 Å². The Balaban J connectivity index is 1.82. The van der Waals surface area contributed by atoms with Gasteiger partial charge in [-0.3, -0.25) is 4.68 Å². The Kier molecular flexibility index (Phi) is 3.65. The topological polar surface area (TPSA) is 27.1 Å². The summed E-state index contributed by atoms with van der Waals surface area (Å²) in [5.74, 6) is 0. The average Bonchev–Trinajstić information content (AvgIpc) is 2.86. The van der Waals surface area contributed by atoms with Crippen molar-refractivity contribution in [3.05, 3.63) is 18.0 Å². The third-order valence-electron chi connectivity index (χ3n) is 2.82. The molecule has 3 nitrogen and oxygen atoms in total. The van der Waals surface area contributed by atoms with E-state index >= 15 is 0 Å². The third-order valence-corrected chi connectivity index (χ3v) is 3.07. The van der Waals surface area contributed by atoms with Crippen molar-refractivity contribution in [3.63, 3.8) is 0 Å². The highest BCUT2D eigenvalue weighted by molar-refractivity contribution is 6.20. The quantitative estimate of drug-likeness (QED) is 0.741. The van der Waals surface area contributed by atoms with Gasteiger partial charge in [0.15, 0.2) is 0 Å². The summed E-state index contributed by atoms with van der Waals surface area (Å²) in [6, 6.07) is 0. The first-order chi connectivity index (χ1) is 7.25. The normalized spacial score (nSPS) is 23.2. The Morgan fingerprint density at radius 3 is 3.20 bits per heavy atom. The van der Waals surface area contributed by atoms with Crippen LogP contribution in [0.5, 0.6) is 0 Å². The van der Waals surface area contributed by atoms with Crippen LogP contribution in [0.4, 0.5) is 0 Å². The highest BCUT2D eigenvalue weighted by Crippen LogP contribution is 2.19. The van der Waals surface area contributed by atoms with Gasteiger partial charge in [0.2, 0.25) is 0 Å². The Morgan fingerprint density at radius 1 is 1.73 bits per heavy atom. The fourth-order valence-corrected chi connectivity index (χ4v) is 1.97. The number of alkyl halides is 1. The minimum atomic E-state index is 0.0430. The summed E-state index contributed by atoms with van der Waals surface area (Å²) in [7, 11) is 0. The number of hydrogen-bond donors (Lipinski definition) is 0. The van der Waals surface area contributed by atoms with E-state index in [0.29, 0.717) is 6.10 Å². The third kappa shape index (κ3) is 2.95. The minimum absolute atomic E-state index is 0.0430. The van der Waals surface area contributed by atoms with E-state index in [9.17, 15) is 0 Å². The van der Waals surface area contributed by atoms with E-state index in [-0.39, 0.29) is 5.38 Å². The first kappa shape index (κ1) is 11.0. The van der Waals surface area contributed by atoms with Crippen molar-refractivity contribution < 1.29 is 4.74 Å². The van der Waals surface area contributed by atoms with E-state index < -0.39 is 0 Å². The molecule has 2 atom stereocenters. The Morgan fingerprint density at radius 2 is 2.60 bits per heavy atom. The Hall–Kier alpha value is -0.540. The smallest absolute Gasteiger partial charge is 0.0593 e. The highest BCUT2D eigenvalue weighted by Gasteiger charge is 2.15. The van der Waals surface area contributed by atoms with Crippen molar-refractivity contribution in [1.29, 1.82) is 0 Å². The molecular formula is C11H17ClN2O. The largest absolute Gasteiger partial charge is 0.378 e. The zero-order chi connectivity index (χ0) is 10.7. The number of hydrogen-bond acceptors (Lipinski definition) is 2. The molecule has 1 saturated heterocycles. The molecule has 0 bridgehead atoms. The van der Waals surface area contributed by atoms with Crippen LogP contribution in [0.2, 0.25) is 0 Å². The summed E-state index contributed by atoms with van der Waals surface area (Å²) in [5, 5.41) is 4.32. The second kappa shape index (κ2) is 4.99. The van der Waals surface area contributed by atoms with Crippen LogP contribution < -0.4 is 0 Å². The first-order valence-corrected chi connectivity index (χ1v) is 5.97. The second-order valence-corrected chi connectivity index (χ2v) is 4.73. The molecule has 1 fully saturated rings. The van der Waals surface area contributed by atoms with E-state index in [4.69, 9.17) is 16.3 Å². The van der Waals surface area contributed by atoms with Gasteiger partial charge in [-0.05, 0) is 26.2 Å². The van der Waals surface area contributed by atoms with Crippen LogP contribution in [0.15, 0.2) is 12.4 Å². The molecule has 0 N–H and O–H groups in total. The Labute approximate surface area is 95.4 Å². The molecule has 0 radical (unpaired) electrons. The van der Waals surface area contributed by atoms with Crippen LogP contribution >= 0.6 is 11.6 Å². The van der Waals surface area contributed by atoms with Crippen LogP contribution in [0, 0.1) is 0 Å². The average molecular weight is 229 g/mol. The van der Waals surface area contributed by atoms with E-state index in [1.54, 1.807) is 0 Å². The lowest BCUT2D eigenvalue weighted by Crippen LogP contribution is -2.10. The molecule has 2 unspecified atom stereocenters. The summed E-state index contributed by atoms with van der Waals surface area (Å²) in [6.45, 7) is 3.81. The molecule has 0 spiro atoms. The Bertz CT molecular complexity index is 305. The molecule has 84 valence electrons. The van der Waals surface area contributed by atoms with Gasteiger partial charge in [0.25, 0.3) is 0 Å². The summed E-state index contributed by atoms with van der Waals surface area (Å²) >= 11 is 5.97. The van der Waals surface area contributed by atoms with E-state index in [0.717, 1.165) is 25.1 Å². The van der Waals surface area contributed by atoms with Crippen LogP contribution in [-0.2, 0) is 11.3 Å². The molecule has 1 aliphatic rings. The van der Waals surface area contributed by atoms with Crippen molar-refractivity contribution in [3.8, 4) is 0 Å². The van der Waals surface area contributed by atoms with Gasteiger partial charge in [-0.15, -0.1) is 11.6 Å². The molecule has 2 rings (SSSR count). The number of aryl methyl sites for hydroxylation is 1. The van der Waals surface area contributed by atoms with Gasteiger partial charge < -0.3 is 4.74 Å². The minimum Gasteiger partial charge on any atom is -0.378 e. The van der Waals surface area contributed by atoms with Crippen molar-refractivity contribution in [2.45, 2.75) is 44.2 Å². The van der Waals surface area contributed by atoms with Gasteiger partial charge in [0.05, 0.1) is 17.7 Å². The van der Waals surface area contributed by atoms with Crippen molar-refractivity contribution in [2.24, 2.45) is 0 Å². The second-order valence-electron chi connectivity index (χ2n) is 4.08. The summed E-state index contributed by atoms with van der Waals surface area (Å²) in [6.07, 6.45) is 7.75. The molecule has 2 heterocycles. The maximum Gasteiger partial charge on any atom is 0.0593 e. The number of halogens is 1. The highest BCUT2D eigenvalue weighted by atomic mass is 35.5. The molecule has 0 aromatic carbocycles. The van der Waals surface area contributed by atoms with E-state index in [1.165, 1.54) is 12.8 Å². The molecule has 1 aliphatic heterocycles. The predicted molar refractivity (Wildman–Crippen MR) is 60.1 cm³/mol. The fraction of sp³-hybridized carbons (Fsp3) is 0.727. The molecular weight excluding hydrogens is 212 g/mol. The van der Waals surface area contributed by atoms with Gasteiger partial charge in [-0.2, -0.15) is 5.10 Å². The van der Waals surface area contributed by atoms with Crippen molar-refractivity contribution >= 4 is 11.6 Å². The monoisotopic (exact) mass is 228 g/mol. The SMILES string of the molecule is CC(Cl)c1cnn(CCC2CCCO2)c1. The number of ether oxygens (including phenoxy) is 1. The molecule has 0 saturated carbocycles. The zero-order valence-corrected chi connectivity index (χ0v) is 9.78. The standard InChI is InChI=1S/C11H17ClN2O/c1-9(12)10-7-13-14(8-10)5-4-11-3-2-6-15-11/h7-9,11H,2-6H2,1H3. The lowest BCUT2D eigenvalue weighted by Gasteiger charge is -2.08. The van der Waals surface area contributed by atoms with Gasteiger partial charge in [0, 0.05) is 24.9 Å².